The molecule has 0 amide bonds. The third-order valence-electron chi connectivity index (χ3n) is 2.03. The van der Waals surface area contributed by atoms with E-state index in [1.807, 2.05) is 0 Å². The van der Waals surface area contributed by atoms with E-state index >= 15 is 0 Å². The number of hydrogen-bond acceptors (Lipinski definition) is 2. The Morgan fingerprint density at radius 2 is 1.87 bits per heavy atom. The first-order chi connectivity index (χ1) is 7.08. The highest BCUT2D eigenvalue weighted by Gasteiger charge is 2.14. The zero-order chi connectivity index (χ0) is 11.3. The molecule has 1 aliphatic carbocycles. The lowest BCUT2D eigenvalue weighted by atomic mass is 10.3. The molecule has 1 rings (SSSR count). The van der Waals surface area contributed by atoms with Gasteiger partial charge in [0.2, 0.25) is 0 Å². The number of rotatable bonds is 3. The van der Waals surface area contributed by atoms with Crippen LogP contribution in [0, 0.1) is 0 Å². The third-order valence-corrected chi connectivity index (χ3v) is 2.03. The molecule has 0 saturated heterocycles. The molecule has 1 aliphatic rings. The van der Waals surface area contributed by atoms with Crippen molar-refractivity contribution in [3.63, 3.8) is 0 Å². The van der Waals surface area contributed by atoms with Crippen LogP contribution in [0.1, 0.15) is 40.5 Å². The molecule has 0 aromatic rings. The second kappa shape index (κ2) is 5.79. The maximum Gasteiger partial charge on any atom is 0.285 e. The maximum atomic E-state index is 5.81. The Labute approximate surface area is 92.6 Å². The largest absolute Gasteiger partial charge is 0.461 e. The lowest BCUT2D eigenvalue weighted by Gasteiger charge is -2.19. The summed E-state index contributed by atoms with van der Waals surface area (Å²) >= 11 is 0. The van der Waals surface area contributed by atoms with E-state index in [2.05, 4.69) is 50.2 Å². The monoisotopic (exact) mass is 210 g/mol. The fraction of sp³-hybridized carbons (Fsp3) is 0.750. The number of amidine groups is 1. The summed E-state index contributed by atoms with van der Waals surface area (Å²) in [4.78, 5) is 4.44. The molecule has 0 aliphatic heterocycles. The first-order valence-electron chi connectivity index (χ1n) is 5.74. The van der Waals surface area contributed by atoms with Gasteiger partial charge < -0.3 is 10.1 Å². The summed E-state index contributed by atoms with van der Waals surface area (Å²) in [7, 11) is 0. The van der Waals surface area contributed by atoms with Crippen molar-refractivity contribution in [2.24, 2.45) is 4.99 Å². The Hall–Kier alpha value is -0.990. The number of hydrogen-bond donors (Lipinski definition) is 1. The summed E-state index contributed by atoms with van der Waals surface area (Å²) < 4.78 is 5.81. The second-order valence-electron chi connectivity index (χ2n) is 4.51. The fourth-order valence-corrected chi connectivity index (χ4v) is 1.43. The number of ether oxygens (including phenoxy) is 1. The summed E-state index contributed by atoms with van der Waals surface area (Å²) in [5.41, 5.74) is 0. The van der Waals surface area contributed by atoms with Gasteiger partial charge in [0.25, 0.3) is 6.02 Å². The minimum absolute atomic E-state index is 0.264. The van der Waals surface area contributed by atoms with Crippen LogP contribution in [-0.4, -0.2) is 24.2 Å². The molecule has 3 heteroatoms. The third kappa shape index (κ3) is 4.86. The average Bonchev–Trinajstić information content (AvgIpc) is 2.53. The first-order valence-corrected chi connectivity index (χ1v) is 5.74. The van der Waals surface area contributed by atoms with Gasteiger partial charge in [-0.25, -0.2) is 4.99 Å². The van der Waals surface area contributed by atoms with Crippen LogP contribution in [0.2, 0.25) is 0 Å². The molecule has 0 saturated carbocycles. The number of nitrogens with zero attached hydrogens (tertiary/aromatic N) is 1. The smallest absolute Gasteiger partial charge is 0.285 e. The van der Waals surface area contributed by atoms with Crippen molar-refractivity contribution >= 4 is 6.02 Å². The van der Waals surface area contributed by atoms with Crippen LogP contribution in [0.3, 0.4) is 0 Å². The summed E-state index contributed by atoms with van der Waals surface area (Å²) in [5.74, 6) is 0. The van der Waals surface area contributed by atoms with Crippen LogP contribution in [-0.2, 0) is 4.74 Å². The van der Waals surface area contributed by atoms with Crippen molar-refractivity contribution in [3.05, 3.63) is 12.2 Å². The lowest BCUT2D eigenvalue weighted by Crippen LogP contribution is -2.35. The van der Waals surface area contributed by atoms with Gasteiger partial charge in [-0.2, -0.15) is 0 Å². The van der Waals surface area contributed by atoms with E-state index in [0.29, 0.717) is 12.1 Å². The van der Waals surface area contributed by atoms with Gasteiger partial charge >= 0.3 is 0 Å². The average molecular weight is 210 g/mol. The van der Waals surface area contributed by atoms with Crippen LogP contribution >= 0.6 is 0 Å². The Morgan fingerprint density at radius 3 is 2.33 bits per heavy atom. The predicted molar refractivity (Wildman–Crippen MR) is 64.1 cm³/mol. The highest BCUT2D eigenvalue weighted by atomic mass is 16.5. The first kappa shape index (κ1) is 12.1. The van der Waals surface area contributed by atoms with Gasteiger partial charge in [-0.15, -0.1) is 0 Å². The summed E-state index contributed by atoms with van der Waals surface area (Å²) in [5, 5.41) is 3.24. The second-order valence-corrected chi connectivity index (χ2v) is 4.51. The van der Waals surface area contributed by atoms with Gasteiger partial charge in [0.15, 0.2) is 0 Å². The van der Waals surface area contributed by atoms with Crippen molar-refractivity contribution in [2.45, 2.75) is 58.7 Å². The molecule has 0 fully saturated rings. The SMILES string of the molecule is CC(C)N=C(NC(C)C)OC1CC=CC1. The Morgan fingerprint density at radius 1 is 1.27 bits per heavy atom. The zero-order valence-corrected chi connectivity index (χ0v) is 10.2. The van der Waals surface area contributed by atoms with Gasteiger partial charge in [-0.05, 0) is 27.7 Å². The summed E-state index contributed by atoms with van der Waals surface area (Å²) in [6.45, 7) is 8.29. The van der Waals surface area contributed by atoms with Crippen LogP contribution in [0.5, 0.6) is 0 Å². The van der Waals surface area contributed by atoms with Gasteiger partial charge in [0, 0.05) is 24.9 Å². The predicted octanol–water partition coefficient (Wildman–Crippen LogP) is 2.48. The van der Waals surface area contributed by atoms with Crippen LogP contribution < -0.4 is 5.32 Å². The highest BCUT2D eigenvalue weighted by Crippen LogP contribution is 2.13. The molecule has 1 N–H and O–H groups in total. The molecule has 0 spiro atoms. The lowest BCUT2D eigenvalue weighted by molar-refractivity contribution is 0.188. The molecule has 0 atom stereocenters. The van der Waals surface area contributed by atoms with Crippen molar-refractivity contribution < 1.29 is 4.74 Å². The standard InChI is InChI=1S/C12H22N2O/c1-9(2)13-12(14-10(3)4)15-11-7-5-6-8-11/h5-6,9-11H,7-8H2,1-4H3,(H,13,14). The van der Waals surface area contributed by atoms with Gasteiger partial charge in [-0.1, -0.05) is 12.2 Å². The van der Waals surface area contributed by atoms with Crippen molar-refractivity contribution in [1.29, 1.82) is 0 Å². The number of aliphatic imine (C=N–C) groups is 1. The normalized spacial score (nSPS) is 17.9. The van der Waals surface area contributed by atoms with Crippen LogP contribution in [0.15, 0.2) is 17.1 Å². The van der Waals surface area contributed by atoms with E-state index in [-0.39, 0.29) is 12.1 Å². The molecule has 0 aromatic carbocycles. The topological polar surface area (TPSA) is 33.6 Å². The zero-order valence-electron chi connectivity index (χ0n) is 10.2. The van der Waals surface area contributed by atoms with E-state index in [4.69, 9.17) is 4.74 Å². The molecular formula is C12H22N2O. The fourth-order valence-electron chi connectivity index (χ4n) is 1.43. The van der Waals surface area contributed by atoms with E-state index in [9.17, 15) is 0 Å². The Kier molecular flexibility index (Phi) is 4.66. The van der Waals surface area contributed by atoms with Crippen molar-refractivity contribution in [1.82, 2.24) is 5.32 Å². The van der Waals surface area contributed by atoms with E-state index in [0.717, 1.165) is 12.8 Å². The molecular weight excluding hydrogens is 188 g/mol. The van der Waals surface area contributed by atoms with Gasteiger partial charge in [-0.3, -0.25) is 0 Å². The van der Waals surface area contributed by atoms with Crippen molar-refractivity contribution in [3.8, 4) is 0 Å². The molecule has 0 radical (unpaired) electrons. The minimum Gasteiger partial charge on any atom is -0.461 e. The number of nitrogens with one attached hydrogen (secondary N) is 1. The molecule has 86 valence electrons. The van der Waals surface area contributed by atoms with Crippen molar-refractivity contribution in [2.75, 3.05) is 0 Å². The van der Waals surface area contributed by atoms with Gasteiger partial charge in [0.1, 0.15) is 6.10 Å². The van der Waals surface area contributed by atoms with E-state index in [1.54, 1.807) is 0 Å². The summed E-state index contributed by atoms with van der Waals surface area (Å²) in [6, 6.07) is 1.31. The molecule has 0 aromatic heterocycles. The van der Waals surface area contributed by atoms with Crippen LogP contribution in [0.4, 0.5) is 0 Å². The quantitative estimate of drug-likeness (QED) is 0.441. The van der Waals surface area contributed by atoms with Crippen LogP contribution in [0.25, 0.3) is 0 Å². The summed E-state index contributed by atoms with van der Waals surface area (Å²) in [6.07, 6.45) is 6.59. The van der Waals surface area contributed by atoms with E-state index < -0.39 is 0 Å². The minimum atomic E-state index is 0.264. The Bertz CT molecular complexity index is 236. The highest BCUT2D eigenvalue weighted by molar-refractivity contribution is 5.74. The van der Waals surface area contributed by atoms with Gasteiger partial charge in [0.05, 0.1) is 0 Å². The molecule has 3 nitrogen and oxygen atoms in total. The van der Waals surface area contributed by atoms with E-state index in [1.165, 1.54) is 0 Å². The molecule has 0 bridgehead atoms. The Balaban J connectivity index is 2.48. The molecule has 0 heterocycles. The maximum absolute atomic E-state index is 5.81. The molecule has 0 unspecified atom stereocenters. The molecule has 15 heavy (non-hydrogen) atoms.